The van der Waals surface area contributed by atoms with Gasteiger partial charge in [0.25, 0.3) is 11.6 Å². The summed E-state index contributed by atoms with van der Waals surface area (Å²) < 4.78 is 27.3. The maximum absolute atomic E-state index is 12.2. The molecule has 0 aliphatic carbocycles. The van der Waals surface area contributed by atoms with Gasteiger partial charge in [0, 0.05) is 23.7 Å². The zero-order valence-corrected chi connectivity index (χ0v) is 13.0. The van der Waals surface area contributed by atoms with Gasteiger partial charge in [-0.1, -0.05) is 0 Å². The molecule has 23 heavy (non-hydrogen) atoms. The van der Waals surface area contributed by atoms with Gasteiger partial charge in [0.2, 0.25) is 0 Å². The van der Waals surface area contributed by atoms with E-state index >= 15 is 0 Å². The quantitative estimate of drug-likeness (QED) is 0.472. The molecule has 1 amide bonds. The summed E-state index contributed by atoms with van der Waals surface area (Å²) in [6, 6.07) is 2.64. The maximum atomic E-state index is 12.2. The van der Waals surface area contributed by atoms with Gasteiger partial charge in [0.05, 0.1) is 29.1 Å². The molecule has 1 atom stereocenters. The summed E-state index contributed by atoms with van der Waals surface area (Å²) in [6.45, 7) is 0. The summed E-state index contributed by atoms with van der Waals surface area (Å²) in [5, 5.41) is 13.4. The van der Waals surface area contributed by atoms with Crippen molar-refractivity contribution in [3.63, 3.8) is 0 Å². The second-order valence-electron chi connectivity index (χ2n) is 5.09. The molecule has 1 unspecified atom stereocenters. The first-order valence-corrected chi connectivity index (χ1v) is 8.43. The Morgan fingerprint density at radius 2 is 1.96 bits per heavy atom. The Balaban J connectivity index is 2.27. The first kappa shape index (κ1) is 16.9. The van der Waals surface area contributed by atoms with Crippen molar-refractivity contribution in [1.82, 2.24) is 5.32 Å². The lowest BCUT2D eigenvalue weighted by Crippen LogP contribution is -2.35. The zero-order valence-electron chi connectivity index (χ0n) is 12.1. The summed E-state index contributed by atoms with van der Waals surface area (Å²) in [5.41, 5.74) is -0.674. The van der Waals surface area contributed by atoms with Gasteiger partial charge in [0.15, 0.2) is 9.84 Å². The number of ether oxygens (including phenoxy) is 1. The average Bonchev–Trinajstić information content (AvgIpc) is 2.84. The van der Waals surface area contributed by atoms with Crippen LogP contribution >= 0.6 is 0 Å². The standard InChI is InChI=1S/C13H14N2O7S/c1-22-13(17)9-4-8(5-11(6-9)15(18)19)12(16)14-10-2-3-23(20,21)7-10/h4-6,10H,2-3,7H2,1H3,(H,14,16). The van der Waals surface area contributed by atoms with Crippen molar-refractivity contribution in [1.29, 1.82) is 0 Å². The number of esters is 1. The fourth-order valence-corrected chi connectivity index (χ4v) is 3.93. The number of nitro benzene ring substituents is 1. The first-order valence-electron chi connectivity index (χ1n) is 6.61. The first-order chi connectivity index (χ1) is 10.7. The minimum Gasteiger partial charge on any atom is -0.465 e. The number of methoxy groups -OCH3 is 1. The Hall–Kier alpha value is -2.49. The molecule has 1 aromatic carbocycles. The van der Waals surface area contributed by atoms with Crippen molar-refractivity contribution in [3.05, 3.63) is 39.4 Å². The van der Waals surface area contributed by atoms with Crippen molar-refractivity contribution in [2.45, 2.75) is 12.5 Å². The highest BCUT2D eigenvalue weighted by Crippen LogP contribution is 2.19. The molecule has 124 valence electrons. The molecule has 2 rings (SSSR count). The molecule has 1 aromatic rings. The third-order valence-corrected chi connectivity index (χ3v) is 5.15. The number of nitro groups is 1. The van der Waals surface area contributed by atoms with E-state index in [0.29, 0.717) is 0 Å². The van der Waals surface area contributed by atoms with Crippen LogP contribution in [0.2, 0.25) is 0 Å². The van der Waals surface area contributed by atoms with Crippen LogP contribution in [0.3, 0.4) is 0 Å². The molecule has 0 spiro atoms. The van der Waals surface area contributed by atoms with E-state index in [1.54, 1.807) is 0 Å². The van der Waals surface area contributed by atoms with Crippen LogP contribution in [0.5, 0.6) is 0 Å². The van der Waals surface area contributed by atoms with E-state index in [1.807, 2.05) is 0 Å². The van der Waals surface area contributed by atoms with Crippen molar-refractivity contribution >= 4 is 27.4 Å². The van der Waals surface area contributed by atoms with Gasteiger partial charge < -0.3 is 10.1 Å². The number of hydrogen-bond acceptors (Lipinski definition) is 7. The van der Waals surface area contributed by atoms with Gasteiger partial charge in [-0.3, -0.25) is 14.9 Å². The predicted octanol–water partition coefficient (Wildman–Crippen LogP) is 0.298. The molecule has 1 N–H and O–H groups in total. The SMILES string of the molecule is COC(=O)c1cc(C(=O)NC2CCS(=O)(=O)C2)cc([N+](=O)[O-])c1. The molecule has 0 bridgehead atoms. The summed E-state index contributed by atoms with van der Waals surface area (Å²) in [4.78, 5) is 33.9. The summed E-state index contributed by atoms with van der Waals surface area (Å²) in [7, 11) is -2.05. The van der Waals surface area contributed by atoms with E-state index in [-0.39, 0.29) is 29.1 Å². The average molecular weight is 342 g/mol. The smallest absolute Gasteiger partial charge is 0.338 e. The molecule has 9 nitrogen and oxygen atoms in total. The minimum absolute atomic E-state index is 0.0136. The van der Waals surface area contributed by atoms with Gasteiger partial charge in [-0.15, -0.1) is 0 Å². The monoisotopic (exact) mass is 342 g/mol. The number of rotatable bonds is 4. The van der Waals surface area contributed by atoms with Crippen LogP contribution < -0.4 is 5.32 Å². The third-order valence-electron chi connectivity index (χ3n) is 3.38. The molecule has 1 aliphatic rings. The van der Waals surface area contributed by atoms with E-state index in [9.17, 15) is 28.1 Å². The fourth-order valence-electron chi connectivity index (χ4n) is 2.26. The molecule has 10 heteroatoms. The molecule has 1 aliphatic heterocycles. The predicted molar refractivity (Wildman–Crippen MR) is 79.0 cm³/mol. The second kappa shape index (κ2) is 6.32. The number of hydrogen-bond donors (Lipinski definition) is 1. The van der Waals surface area contributed by atoms with Crippen LogP contribution in [0.25, 0.3) is 0 Å². The van der Waals surface area contributed by atoms with Crippen LogP contribution in [0, 0.1) is 10.1 Å². The van der Waals surface area contributed by atoms with E-state index in [1.165, 1.54) is 0 Å². The summed E-state index contributed by atoms with van der Waals surface area (Å²) >= 11 is 0. The number of non-ortho nitro benzene ring substituents is 1. The van der Waals surface area contributed by atoms with Crippen LogP contribution in [-0.4, -0.2) is 49.9 Å². The Labute approximate surface area is 131 Å². The number of carbonyl (C=O) groups is 2. The van der Waals surface area contributed by atoms with Crippen LogP contribution in [0.15, 0.2) is 18.2 Å². The molecular weight excluding hydrogens is 328 g/mol. The van der Waals surface area contributed by atoms with Crippen molar-refractivity contribution in [2.24, 2.45) is 0 Å². The van der Waals surface area contributed by atoms with E-state index in [2.05, 4.69) is 10.1 Å². The molecule has 1 fully saturated rings. The Morgan fingerprint density at radius 1 is 1.30 bits per heavy atom. The second-order valence-corrected chi connectivity index (χ2v) is 7.32. The van der Waals surface area contributed by atoms with E-state index < -0.39 is 38.4 Å². The van der Waals surface area contributed by atoms with Gasteiger partial charge in [0.1, 0.15) is 0 Å². The van der Waals surface area contributed by atoms with Gasteiger partial charge >= 0.3 is 5.97 Å². The summed E-state index contributed by atoms with van der Waals surface area (Å²) in [5.74, 6) is -1.68. The van der Waals surface area contributed by atoms with Crippen LogP contribution in [0.4, 0.5) is 5.69 Å². The molecule has 1 heterocycles. The molecule has 0 saturated carbocycles. The molecule has 1 saturated heterocycles. The number of sulfone groups is 1. The highest BCUT2D eigenvalue weighted by atomic mass is 32.2. The van der Waals surface area contributed by atoms with Crippen molar-refractivity contribution in [3.8, 4) is 0 Å². The normalized spacial score (nSPS) is 19.1. The van der Waals surface area contributed by atoms with E-state index in [0.717, 1.165) is 25.3 Å². The van der Waals surface area contributed by atoms with Crippen LogP contribution in [0.1, 0.15) is 27.1 Å². The molecular formula is C13H14N2O7S. The number of carbonyl (C=O) groups excluding carboxylic acids is 2. The van der Waals surface area contributed by atoms with Crippen molar-refractivity contribution in [2.75, 3.05) is 18.6 Å². The number of nitrogens with one attached hydrogen (secondary N) is 1. The lowest BCUT2D eigenvalue weighted by atomic mass is 10.1. The maximum Gasteiger partial charge on any atom is 0.338 e. The lowest BCUT2D eigenvalue weighted by molar-refractivity contribution is -0.384. The minimum atomic E-state index is -3.17. The van der Waals surface area contributed by atoms with Gasteiger partial charge in [-0.2, -0.15) is 0 Å². The largest absolute Gasteiger partial charge is 0.465 e. The van der Waals surface area contributed by atoms with Gasteiger partial charge in [-0.25, -0.2) is 13.2 Å². The Kier molecular flexibility index (Phi) is 4.64. The topological polar surface area (TPSA) is 133 Å². The fraction of sp³-hybridized carbons (Fsp3) is 0.385. The Morgan fingerprint density at radius 3 is 2.48 bits per heavy atom. The number of benzene rings is 1. The lowest BCUT2D eigenvalue weighted by Gasteiger charge is -2.11. The Bertz CT molecular complexity index is 773. The zero-order chi connectivity index (χ0) is 17.2. The number of amides is 1. The molecule has 0 aromatic heterocycles. The number of nitrogens with zero attached hydrogens (tertiary/aromatic N) is 1. The van der Waals surface area contributed by atoms with E-state index in [4.69, 9.17) is 0 Å². The van der Waals surface area contributed by atoms with Gasteiger partial charge in [-0.05, 0) is 12.5 Å². The third kappa shape index (κ3) is 4.03. The summed E-state index contributed by atoms with van der Waals surface area (Å²) in [6.07, 6.45) is 0.285. The molecule has 0 radical (unpaired) electrons. The van der Waals surface area contributed by atoms with Crippen LogP contribution in [-0.2, 0) is 14.6 Å². The highest BCUT2D eigenvalue weighted by molar-refractivity contribution is 7.91. The van der Waals surface area contributed by atoms with Crippen molar-refractivity contribution < 1.29 is 27.7 Å². The highest BCUT2D eigenvalue weighted by Gasteiger charge is 2.29.